The van der Waals surface area contributed by atoms with E-state index in [1.807, 2.05) is 0 Å². The molecule has 2 unspecified atom stereocenters. The van der Waals surface area contributed by atoms with Gasteiger partial charge in [-0.3, -0.25) is 0 Å². The number of hydrogen-bond acceptors (Lipinski definition) is 0. The first-order valence-corrected chi connectivity index (χ1v) is 5.10. The molecule has 62 valence electrons. The Hall–Kier alpha value is 0.860. The molecule has 0 aliphatic heterocycles. The van der Waals surface area contributed by atoms with E-state index < -0.39 is 0 Å². The highest BCUT2D eigenvalue weighted by molar-refractivity contribution is 7.25. The Morgan fingerprint density at radius 3 is 1.30 bits per heavy atom. The van der Waals surface area contributed by atoms with Crippen LogP contribution in [0.4, 0.5) is 0 Å². The third kappa shape index (κ3) is 2.18. The first-order valence-electron chi connectivity index (χ1n) is 3.95. The summed E-state index contributed by atoms with van der Waals surface area (Å²) in [5.74, 6) is 0. The van der Waals surface area contributed by atoms with Crippen molar-refractivity contribution in [2.24, 2.45) is 0 Å². The lowest BCUT2D eigenvalue weighted by molar-refractivity contribution is 0.445. The summed E-state index contributed by atoms with van der Waals surface area (Å²) in [5, 5.41) is 0.735. The second-order valence-corrected chi connectivity index (χ2v) is 6.13. The van der Waals surface area contributed by atoms with Crippen molar-refractivity contribution in [1.82, 2.24) is 0 Å². The smallest absolute Gasteiger partial charge is 0.00702 e. The molecule has 0 rings (SSSR count). The minimum atomic E-state index is 0.334. The van der Waals surface area contributed by atoms with Gasteiger partial charge in [0.1, 0.15) is 0 Å². The lowest BCUT2D eigenvalue weighted by Crippen LogP contribution is -2.38. The zero-order valence-corrected chi connectivity index (χ0v) is 9.88. The Balaban J connectivity index is 4.33. The molecule has 0 saturated heterocycles. The highest BCUT2D eigenvalue weighted by Gasteiger charge is 2.34. The molecule has 0 aliphatic rings. The summed E-state index contributed by atoms with van der Waals surface area (Å²) in [6.45, 7) is 9.06. The lowest BCUT2D eigenvalue weighted by Gasteiger charge is -2.40. The van der Waals surface area contributed by atoms with Crippen LogP contribution < -0.4 is 0 Å². The molecule has 0 bridgehead atoms. The second-order valence-electron chi connectivity index (χ2n) is 3.58. The van der Waals surface area contributed by atoms with Crippen LogP contribution in [0.25, 0.3) is 0 Å². The first-order chi connectivity index (χ1) is 4.37. The van der Waals surface area contributed by atoms with Gasteiger partial charge in [-0.1, -0.05) is 27.7 Å². The van der Waals surface area contributed by atoms with E-state index in [2.05, 4.69) is 46.2 Å². The molecule has 0 nitrogen and oxygen atoms in total. The number of rotatable bonds is 3. The van der Waals surface area contributed by atoms with Crippen molar-refractivity contribution in [2.75, 3.05) is 0 Å². The van der Waals surface area contributed by atoms with Gasteiger partial charge in [0.15, 0.2) is 0 Å². The third-order valence-electron chi connectivity index (χ3n) is 2.55. The lowest BCUT2D eigenvalue weighted by atomic mass is 9.88. The van der Waals surface area contributed by atoms with E-state index >= 15 is 0 Å². The van der Waals surface area contributed by atoms with Gasteiger partial charge >= 0.3 is 0 Å². The second kappa shape index (κ2) is 3.51. The van der Waals surface area contributed by atoms with Crippen LogP contribution in [-0.4, -0.2) is 10.3 Å². The highest BCUT2D eigenvalue weighted by atomic mass is 31.0. The third-order valence-corrected chi connectivity index (χ3v) is 5.01. The molecule has 0 aliphatic carbocycles. The van der Waals surface area contributed by atoms with Gasteiger partial charge in [-0.25, -0.2) is 0 Å². The van der Waals surface area contributed by atoms with E-state index in [1.165, 1.54) is 12.8 Å². The summed E-state index contributed by atoms with van der Waals surface area (Å²) in [7, 11) is 5.92. The molecule has 0 fully saturated rings. The Kier molecular flexibility index (Phi) is 3.81. The van der Waals surface area contributed by atoms with Gasteiger partial charge in [0.2, 0.25) is 0 Å². The summed E-state index contributed by atoms with van der Waals surface area (Å²) >= 11 is 0. The Morgan fingerprint density at radius 2 is 1.30 bits per heavy atom. The molecule has 0 heterocycles. The monoisotopic (exact) mass is 178 g/mol. The largest absolute Gasteiger partial charge is 0.131 e. The Bertz CT molecular complexity index is 98.3. The minimum absolute atomic E-state index is 0.334. The van der Waals surface area contributed by atoms with Crippen LogP contribution in [0.2, 0.25) is 0 Å². The summed E-state index contributed by atoms with van der Waals surface area (Å²) in [4.78, 5) is 0. The maximum Gasteiger partial charge on any atom is -0.00702 e. The molecule has 2 heteroatoms. The van der Waals surface area contributed by atoms with Crippen LogP contribution in [0.3, 0.4) is 0 Å². The molecule has 0 amide bonds. The maximum atomic E-state index is 2.99. The van der Waals surface area contributed by atoms with E-state index in [-0.39, 0.29) is 0 Å². The fraction of sp³-hybridized carbons (Fsp3) is 1.00. The zero-order valence-electron chi connectivity index (χ0n) is 7.57. The van der Waals surface area contributed by atoms with Crippen molar-refractivity contribution in [3.05, 3.63) is 0 Å². The van der Waals surface area contributed by atoms with E-state index in [0.29, 0.717) is 10.3 Å². The summed E-state index contributed by atoms with van der Waals surface area (Å²) < 4.78 is 0. The predicted octanol–water partition coefficient (Wildman–Crippen LogP) is 3.07. The van der Waals surface area contributed by atoms with Crippen molar-refractivity contribution in [1.29, 1.82) is 0 Å². The molecule has 2 atom stereocenters. The van der Waals surface area contributed by atoms with Crippen LogP contribution >= 0.6 is 18.5 Å². The molecule has 0 aromatic rings. The quantitative estimate of drug-likeness (QED) is 0.582. The molecule has 0 N–H and O–H groups in total. The zero-order chi connectivity index (χ0) is 8.41. The Morgan fingerprint density at radius 1 is 1.00 bits per heavy atom. The predicted molar refractivity (Wildman–Crippen MR) is 56.8 cm³/mol. The van der Waals surface area contributed by atoms with Crippen molar-refractivity contribution < 1.29 is 0 Å². The normalized spacial score (nSPS) is 13.8. The van der Waals surface area contributed by atoms with Crippen LogP contribution in [0.5, 0.6) is 0 Å². The van der Waals surface area contributed by atoms with Gasteiger partial charge in [-0.05, 0) is 23.2 Å². The first kappa shape index (κ1) is 10.9. The molecule has 0 saturated carbocycles. The van der Waals surface area contributed by atoms with Gasteiger partial charge in [-0.2, -0.15) is 0 Å². The SMILES string of the molecule is CCC(P)(CC)C(C)(C)P. The van der Waals surface area contributed by atoms with Crippen LogP contribution in [-0.2, 0) is 0 Å². The highest BCUT2D eigenvalue weighted by Crippen LogP contribution is 2.43. The molecule has 0 aromatic heterocycles. The molecule has 0 spiro atoms. The van der Waals surface area contributed by atoms with E-state index in [0.717, 1.165) is 0 Å². The summed E-state index contributed by atoms with van der Waals surface area (Å²) in [5.41, 5.74) is 0. The van der Waals surface area contributed by atoms with E-state index in [1.54, 1.807) is 0 Å². The van der Waals surface area contributed by atoms with Crippen molar-refractivity contribution in [3.8, 4) is 0 Å². The van der Waals surface area contributed by atoms with Gasteiger partial charge < -0.3 is 0 Å². The molecular weight excluding hydrogens is 158 g/mol. The van der Waals surface area contributed by atoms with Crippen LogP contribution in [0, 0.1) is 0 Å². The van der Waals surface area contributed by atoms with Gasteiger partial charge in [-0.15, -0.1) is 18.5 Å². The average Bonchev–Trinajstić information content (AvgIpc) is 1.84. The topological polar surface area (TPSA) is 0 Å². The molecule has 0 radical (unpaired) electrons. The van der Waals surface area contributed by atoms with E-state index in [9.17, 15) is 0 Å². The van der Waals surface area contributed by atoms with Crippen LogP contribution in [0.15, 0.2) is 0 Å². The number of hydrogen-bond donors (Lipinski definition) is 0. The van der Waals surface area contributed by atoms with Crippen molar-refractivity contribution in [2.45, 2.75) is 50.8 Å². The van der Waals surface area contributed by atoms with Gasteiger partial charge in [0.25, 0.3) is 0 Å². The standard InChI is InChI=1S/C8H20P2/c1-5-8(10,6-2)7(3,4)9/h5-6,9-10H2,1-4H3. The van der Waals surface area contributed by atoms with Crippen LogP contribution in [0.1, 0.15) is 40.5 Å². The maximum absolute atomic E-state index is 2.99. The molecular formula is C8H20P2. The van der Waals surface area contributed by atoms with Gasteiger partial charge in [0, 0.05) is 0 Å². The van der Waals surface area contributed by atoms with Crippen molar-refractivity contribution in [3.63, 3.8) is 0 Å². The average molecular weight is 178 g/mol. The summed E-state index contributed by atoms with van der Waals surface area (Å²) in [6.07, 6.45) is 2.45. The Labute approximate surface area is 70.0 Å². The molecule has 0 aromatic carbocycles. The van der Waals surface area contributed by atoms with Crippen molar-refractivity contribution >= 4 is 18.5 Å². The van der Waals surface area contributed by atoms with E-state index in [4.69, 9.17) is 0 Å². The van der Waals surface area contributed by atoms with Gasteiger partial charge in [0.05, 0.1) is 0 Å². The minimum Gasteiger partial charge on any atom is -0.131 e. The molecule has 10 heavy (non-hydrogen) atoms. The summed E-state index contributed by atoms with van der Waals surface area (Å²) in [6, 6.07) is 0. The fourth-order valence-electron chi connectivity index (χ4n) is 1.16. The fourth-order valence-corrected chi connectivity index (χ4v) is 1.57.